The van der Waals surface area contributed by atoms with Gasteiger partial charge in [-0.15, -0.1) is 0 Å². The van der Waals surface area contributed by atoms with Gasteiger partial charge in [0.25, 0.3) is 11.6 Å². The van der Waals surface area contributed by atoms with E-state index in [0.717, 1.165) is 19.4 Å². The van der Waals surface area contributed by atoms with Crippen LogP contribution in [0.5, 0.6) is 0 Å². The second kappa shape index (κ2) is 7.03. The molecule has 1 atom stereocenters. The van der Waals surface area contributed by atoms with Crippen molar-refractivity contribution in [1.82, 2.24) is 10.6 Å². The third-order valence-electron chi connectivity index (χ3n) is 3.65. The molecule has 3 N–H and O–H groups in total. The quantitative estimate of drug-likeness (QED) is 0.545. The van der Waals surface area contributed by atoms with Gasteiger partial charge in [0.1, 0.15) is 5.69 Å². The zero-order valence-corrected chi connectivity index (χ0v) is 12.0. The molecule has 2 rings (SSSR count). The minimum atomic E-state index is -0.441. The van der Waals surface area contributed by atoms with Crippen LogP contribution in [0.4, 0.5) is 11.4 Å². The van der Waals surface area contributed by atoms with Crippen LogP contribution in [0.25, 0.3) is 0 Å². The maximum absolute atomic E-state index is 11.6. The van der Waals surface area contributed by atoms with Crippen molar-refractivity contribution in [2.24, 2.45) is 0 Å². The first kappa shape index (κ1) is 15.2. The largest absolute Gasteiger partial charge is 0.379 e. The molecule has 0 spiro atoms. The van der Waals surface area contributed by atoms with E-state index >= 15 is 0 Å². The van der Waals surface area contributed by atoms with Gasteiger partial charge in [-0.2, -0.15) is 0 Å². The van der Waals surface area contributed by atoms with Gasteiger partial charge in [-0.1, -0.05) is 0 Å². The maximum Gasteiger partial charge on any atom is 0.292 e. The van der Waals surface area contributed by atoms with E-state index in [1.54, 1.807) is 0 Å². The lowest BCUT2D eigenvalue weighted by Gasteiger charge is -2.12. The summed E-state index contributed by atoms with van der Waals surface area (Å²) in [7, 11) is 1.53. The molecule has 0 aliphatic carbocycles. The number of nitrogens with zero attached hydrogens (tertiary/aromatic N) is 1. The van der Waals surface area contributed by atoms with E-state index in [-0.39, 0.29) is 11.6 Å². The standard InChI is InChI=1S/C14H20N4O3/c1-15-14(19)10-4-5-13(18(20)21)12(9-10)17-8-6-11-3-2-7-16-11/h4-5,9,11,16-17H,2-3,6-8H2,1H3,(H,15,19). The monoisotopic (exact) mass is 292 g/mol. The summed E-state index contributed by atoms with van der Waals surface area (Å²) in [5, 5.41) is 20.0. The second-order valence-corrected chi connectivity index (χ2v) is 5.08. The van der Waals surface area contributed by atoms with Crippen LogP contribution in [0.3, 0.4) is 0 Å². The number of nitro benzene ring substituents is 1. The highest BCUT2D eigenvalue weighted by atomic mass is 16.6. The van der Waals surface area contributed by atoms with Crippen LogP contribution in [0.1, 0.15) is 29.6 Å². The average Bonchev–Trinajstić information content (AvgIpc) is 2.99. The molecular formula is C14H20N4O3. The summed E-state index contributed by atoms with van der Waals surface area (Å²) in [6.45, 7) is 1.67. The number of hydrogen-bond donors (Lipinski definition) is 3. The Morgan fingerprint density at radius 3 is 2.95 bits per heavy atom. The highest BCUT2D eigenvalue weighted by Gasteiger charge is 2.17. The number of anilines is 1. The van der Waals surface area contributed by atoms with Crippen molar-refractivity contribution in [3.63, 3.8) is 0 Å². The molecule has 1 aromatic rings. The first-order valence-electron chi connectivity index (χ1n) is 7.09. The average molecular weight is 292 g/mol. The Morgan fingerprint density at radius 1 is 1.52 bits per heavy atom. The highest BCUT2D eigenvalue weighted by molar-refractivity contribution is 5.95. The molecule has 7 heteroatoms. The molecule has 1 aliphatic heterocycles. The lowest BCUT2D eigenvalue weighted by atomic mass is 10.1. The molecule has 0 radical (unpaired) electrons. The molecule has 1 aliphatic rings. The predicted molar refractivity (Wildman–Crippen MR) is 80.6 cm³/mol. The Morgan fingerprint density at radius 2 is 2.33 bits per heavy atom. The molecule has 0 aromatic heterocycles. The summed E-state index contributed by atoms with van der Waals surface area (Å²) in [5.74, 6) is -0.259. The summed E-state index contributed by atoms with van der Waals surface area (Å²) in [5.41, 5.74) is 0.783. The van der Waals surface area contributed by atoms with Crippen molar-refractivity contribution >= 4 is 17.3 Å². The van der Waals surface area contributed by atoms with Gasteiger partial charge in [0.05, 0.1) is 4.92 Å². The van der Waals surface area contributed by atoms with Crippen molar-refractivity contribution in [2.75, 3.05) is 25.5 Å². The fourth-order valence-electron chi connectivity index (χ4n) is 2.51. The van der Waals surface area contributed by atoms with E-state index in [2.05, 4.69) is 16.0 Å². The molecule has 1 unspecified atom stereocenters. The van der Waals surface area contributed by atoms with Crippen LogP contribution in [-0.2, 0) is 0 Å². The zero-order chi connectivity index (χ0) is 15.2. The van der Waals surface area contributed by atoms with E-state index in [0.29, 0.717) is 23.8 Å². The molecule has 1 heterocycles. The van der Waals surface area contributed by atoms with E-state index < -0.39 is 4.92 Å². The van der Waals surface area contributed by atoms with E-state index in [1.807, 2.05) is 0 Å². The van der Waals surface area contributed by atoms with Gasteiger partial charge in [0.2, 0.25) is 0 Å². The maximum atomic E-state index is 11.6. The normalized spacial score (nSPS) is 17.5. The molecule has 1 saturated heterocycles. The van der Waals surface area contributed by atoms with Crippen LogP contribution < -0.4 is 16.0 Å². The van der Waals surface area contributed by atoms with Gasteiger partial charge < -0.3 is 16.0 Å². The number of nitro groups is 1. The Labute approximate surface area is 123 Å². The Bertz CT molecular complexity index is 527. The van der Waals surface area contributed by atoms with Gasteiger partial charge in [0, 0.05) is 31.3 Å². The van der Waals surface area contributed by atoms with Gasteiger partial charge in [0.15, 0.2) is 0 Å². The molecular weight excluding hydrogens is 272 g/mol. The molecule has 7 nitrogen and oxygen atoms in total. The fourth-order valence-corrected chi connectivity index (χ4v) is 2.51. The van der Waals surface area contributed by atoms with E-state index in [9.17, 15) is 14.9 Å². The summed E-state index contributed by atoms with van der Waals surface area (Å²) < 4.78 is 0. The SMILES string of the molecule is CNC(=O)c1ccc([N+](=O)[O-])c(NCCC2CCCN2)c1. The van der Waals surface area contributed by atoms with Crippen LogP contribution in [-0.4, -0.2) is 37.0 Å². The topological polar surface area (TPSA) is 96.3 Å². The summed E-state index contributed by atoms with van der Waals surface area (Å²) in [4.78, 5) is 22.2. The fraction of sp³-hybridized carbons (Fsp3) is 0.500. The third-order valence-corrected chi connectivity index (χ3v) is 3.65. The first-order valence-corrected chi connectivity index (χ1v) is 7.09. The van der Waals surface area contributed by atoms with Crippen LogP contribution >= 0.6 is 0 Å². The van der Waals surface area contributed by atoms with Crippen molar-refractivity contribution in [3.05, 3.63) is 33.9 Å². The lowest BCUT2D eigenvalue weighted by Crippen LogP contribution is -2.24. The number of hydrogen-bond acceptors (Lipinski definition) is 5. The number of amides is 1. The minimum Gasteiger partial charge on any atom is -0.379 e. The third kappa shape index (κ3) is 3.91. The molecule has 1 amide bonds. The number of carbonyl (C=O) groups excluding carboxylic acids is 1. The molecule has 21 heavy (non-hydrogen) atoms. The van der Waals surface area contributed by atoms with E-state index in [4.69, 9.17) is 0 Å². The summed E-state index contributed by atoms with van der Waals surface area (Å²) >= 11 is 0. The van der Waals surface area contributed by atoms with Crippen molar-refractivity contribution in [1.29, 1.82) is 0 Å². The number of rotatable bonds is 6. The molecule has 1 aromatic carbocycles. The molecule has 114 valence electrons. The van der Waals surface area contributed by atoms with Gasteiger partial charge in [-0.05, 0) is 37.9 Å². The van der Waals surface area contributed by atoms with Crippen LogP contribution in [0.2, 0.25) is 0 Å². The van der Waals surface area contributed by atoms with Crippen LogP contribution in [0, 0.1) is 10.1 Å². The zero-order valence-electron chi connectivity index (χ0n) is 12.0. The number of benzene rings is 1. The predicted octanol–water partition coefficient (Wildman–Crippen LogP) is 1.51. The Kier molecular flexibility index (Phi) is 5.10. The smallest absolute Gasteiger partial charge is 0.292 e. The second-order valence-electron chi connectivity index (χ2n) is 5.08. The van der Waals surface area contributed by atoms with Crippen molar-refractivity contribution in [2.45, 2.75) is 25.3 Å². The van der Waals surface area contributed by atoms with Crippen LogP contribution in [0.15, 0.2) is 18.2 Å². The number of carbonyl (C=O) groups is 1. The summed E-state index contributed by atoms with van der Waals surface area (Å²) in [6.07, 6.45) is 3.22. The molecule has 0 saturated carbocycles. The lowest BCUT2D eigenvalue weighted by molar-refractivity contribution is -0.384. The van der Waals surface area contributed by atoms with Gasteiger partial charge in [-0.3, -0.25) is 14.9 Å². The molecule has 0 bridgehead atoms. The summed E-state index contributed by atoms with van der Waals surface area (Å²) in [6, 6.07) is 4.82. The van der Waals surface area contributed by atoms with Gasteiger partial charge in [-0.25, -0.2) is 0 Å². The molecule has 1 fully saturated rings. The van der Waals surface area contributed by atoms with Crippen molar-refractivity contribution < 1.29 is 9.72 Å². The Balaban J connectivity index is 2.06. The van der Waals surface area contributed by atoms with E-state index in [1.165, 1.54) is 31.7 Å². The van der Waals surface area contributed by atoms with Crippen molar-refractivity contribution in [3.8, 4) is 0 Å². The number of nitrogens with one attached hydrogen (secondary N) is 3. The first-order chi connectivity index (χ1) is 10.1. The Hall–Kier alpha value is -2.15. The highest BCUT2D eigenvalue weighted by Crippen LogP contribution is 2.25. The van der Waals surface area contributed by atoms with Gasteiger partial charge >= 0.3 is 0 Å². The minimum absolute atomic E-state index is 0.0120.